The maximum absolute atomic E-state index is 10.2. The van der Waals surface area contributed by atoms with Crippen molar-refractivity contribution in [2.75, 3.05) is 5.75 Å². The number of hydrogen-bond acceptors (Lipinski definition) is 2. The first-order valence-electron chi connectivity index (χ1n) is 3.55. The fraction of sp³-hybridized carbons (Fsp3) is 1.00. The molecule has 0 heterocycles. The van der Waals surface area contributed by atoms with Gasteiger partial charge in [0.05, 0.1) is 0 Å². The largest absolute Gasteiger partial charge is 1.00 e. The van der Waals surface area contributed by atoms with E-state index in [1.165, 1.54) is 0 Å². The Balaban J connectivity index is 0.000001000. The average molecular weight is 184 g/mol. The minimum atomic E-state index is -1.83. The van der Waals surface area contributed by atoms with Crippen LogP contribution in [0.15, 0.2) is 0 Å². The third-order valence-corrected chi connectivity index (χ3v) is 2.80. The van der Waals surface area contributed by atoms with Crippen LogP contribution in [0, 0.1) is 11.3 Å². The Morgan fingerprint density at radius 3 is 2.27 bits per heavy atom. The van der Waals surface area contributed by atoms with Crippen LogP contribution in [0.4, 0.5) is 0 Å². The molecule has 60 valence electrons. The molecule has 1 unspecified atom stereocenters. The summed E-state index contributed by atoms with van der Waals surface area (Å²) in [5.74, 6) is 0.803. The first kappa shape index (κ1) is 12.1. The molecular formula is C7H13NaO2S. The molecule has 4 heteroatoms. The van der Waals surface area contributed by atoms with Gasteiger partial charge in [-0.2, -0.15) is 0 Å². The van der Waals surface area contributed by atoms with Gasteiger partial charge in [0.1, 0.15) is 0 Å². The van der Waals surface area contributed by atoms with E-state index in [0.29, 0.717) is 17.1 Å². The van der Waals surface area contributed by atoms with Crippen molar-refractivity contribution in [2.45, 2.75) is 26.7 Å². The van der Waals surface area contributed by atoms with E-state index in [4.69, 9.17) is 0 Å². The molecule has 0 aromatic heterocycles. The molecule has 1 atom stereocenters. The van der Waals surface area contributed by atoms with E-state index in [1.807, 2.05) is 0 Å². The van der Waals surface area contributed by atoms with E-state index < -0.39 is 11.1 Å². The quantitative estimate of drug-likeness (QED) is 0.379. The second-order valence-corrected chi connectivity index (χ2v) is 4.85. The molecule has 0 saturated heterocycles. The minimum absolute atomic E-state index is 0. The van der Waals surface area contributed by atoms with Crippen LogP contribution >= 0.6 is 0 Å². The zero-order chi connectivity index (χ0) is 7.78. The second-order valence-electron chi connectivity index (χ2n) is 3.91. The summed E-state index contributed by atoms with van der Waals surface area (Å²) in [5.41, 5.74) is 0.407. The van der Waals surface area contributed by atoms with Gasteiger partial charge in [-0.25, -0.2) is 0 Å². The third kappa shape index (κ3) is 4.04. The molecule has 0 N–H and O–H groups in total. The molecule has 0 amide bonds. The molecule has 0 bridgehead atoms. The van der Waals surface area contributed by atoms with Crippen molar-refractivity contribution in [3.05, 3.63) is 0 Å². The van der Waals surface area contributed by atoms with Gasteiger partial charge < -0.3 is 4.55 Å². The van der Waals surface area contributed by atoms with Crippen LogP contribution in [0.1, 0.15) is 26.7 Å². The van der Waals surface area contributed by atoms with Gasteiger partial charge in [-0.3, -0.25) is 4.21 Å². The van der Waals surface area contributed by atoms with Gasteiger partial charge in [0.15, 0.2) is 0 Å². The summed E-state index contributed by atoms with van der Waals surface area (Å²) in [6.45, 7) is 4.36. The molecule has 0 aliphatic heterocycles. The maximum atomic E-state index is 10.2. The van der Waals surface area contributed by atoms with Gasteiger partial charge in [0.25, 0.3) is 0 Å². The Kier molecular flexibility index (Phi) is 4.82. The van der Waals surface area contributed by atoms with E-state index in [0.717, 1.165) is 12.8 Å². The van der Waals surface area contributed by atoms with Crippen molar-refractivity contribution in [1.29, 1.82) is 0 Å². The van der Waals surface area contributed by atoms with Gasteiger partial charge >= 0.3 is 29.6 Å². The Morgan fingerprint density at radius 2 is 2.00 bits per heavy atom. The van der Waals surface area contributed by atoms with Gasteiger partial charge in [-0.05, 0) is 24.2 Å². The molecule has 0 aromatic carbocycles. The second kappa shape index (κ2) is 4.38. The predicted octanol–water partition coefficient (Wildman–Crippen LogP) is -1.69. The topological polar surface area (TPSA) is 40.1 Å². The molecule has 1 aliphatic rings. The van der Waals surface area contributed by atoms with Crippen LogP contribution in [0.2, 0.25) is 0 Å². The van der Waals surface area contributed by atoms with Crippen molar-refractivity contribution < 1.29 is 38.3 Å². The minimum Gasteiger partial charge on any atom is -0.772 e. The fourth-order valence-corrected chi connectivity index (χ4v) is 2.43. The molecule has 11 heavy (non-hydrogen) atoms. The third-order valence-electron chi connectivity index (χ3n) is 2.05. The molecular weight excluding hydrogens is 171 g/mol. The monoisotopic (exact) mass is 184 g/mol. The van der Waals surface area contributed by atoms with Crippen LogP contribution in [-0.2, 0) is 11.1 Å². The zero-order valence-electron chi connectivity index (χ0n) is 7.42. The fourth-order valence-electron chi connectivity index (χ4n) is 1.81. The SMILES string of the molecule is CC1(C)CC(CS(=O)[O-])C1.[Na+]. The van der Waals surface area contributed by atoms with Crippen molar-refractivity contribution in [3.8, 4) is 0 Å². The molecule has 2 nitrogen and oxygen atoms in total. The molecule has 0 spiro atoms. The van der Waals surface area contributed by atoms with E-state index in [1.54, 1.807) is 0 Å². The van der Waals surface area contributed by atoms with Gasteiger partial charge in [-0.15, -0.1) is 0 Å². The summed E-state index contributed by atoms with van der Waals surface area (Å²) >= 11 is -1.83. The predicted molar refractivity (Wildman–Crippen MR) is 40.3 cm³/mol. The molecule has 1 saturated carbocycles. The summed E-state index contributed by atoms with van der Waals surface area (Å²) in [6.07, 6.45) is 2.14. The van der Waals surface area contributed by atoms with Crippen LogP contribution < -0.4 is 29.6 Å². The van der Waals surface area contributed by atoms with Gasteiger partial charge in [0.2, 0.25) is 0 Å². The summed E-state index contributed by atoms with van der Waals surface area (Å²) < 4.78 is 20.4. The number of rotatable bonds is 2. The van der Waals surface area contributed by atoms with E-state index in [9.17, 15) is 8.76 Å². The Bertz CT molecular complexity index is 151. The maximum Gasteiger partial charge on any atom is 1.00 e. The summed E-state index contributed by atoms with van der Waals surface area (Å²) in [5, 5.41) is 0. The van der Waals surface area contributed by atoms with Crippen molar-refractivity contribution in [2.24, 2.45) is 11.3 Å². The zero-order valence-corrected chi connectivity index (χ0v) is 10.2. The van der Waals surface area contributed by atoms with E-state index in [-0.39, 0.29) is 29.6 Å². The van der Waals surface area contributed by atoms with Crippen molar-refractivity contribution in [3.63, 3.8) is 0 Å². The normalized spacial score (nSPS) is 25.0. The van der Waals surface area contributed by atoms with Gasteiger partial charge in [-0.1, -0.05) is 24.9 Å². The molecule has 0 aromatic rings. The Hall–Kier alpha value is 1.11. The summed E-state index contributed by atoms with van der Waals surface area (Å²) in [6, 6.07) is 0. The smallest absolute Gasteiger partial charge is 0.772 e. The molecule has 1 rings (SSSR count). The molecule has 0 radical (unpaired) electrons. The first-order chi connectivity index (χ1) is 4.49. The Morgan fingerprint density at radius 1 is 1.55 bits per heavy atom. The van der Waals surface area contributed by atoms with Crippen LogP contribution in [0.5, 0.6) is 0 Å². The summed E-state index contributed by atoms with van der Waals surface area (Å²) in [7, 11) is 0. The Labute approximate surface area is 92.7 Å². The first-order valence-corrected chi connectivity index (χ1v) is 4.80. The average Bonchev–Trinajstić information content (AvgIpc) is 1.57. The van der Waals surface area contributed by atoms with E-state index >= 15 is 0 Å². The van der Waals surface area contributed by atoms with Gasteiger partial charge in [0, 0.05) is 5.75 Å². The number of hydrogen-bond donors (Lipinski definition) is 0. The standard InChI is InChI=1S/C7H14O2S.Na/c1-7(2)3-6(4-7)5-10(8)9;/h6H,3-5H2,1-2H3,(H,8,9);/q;+1/p-1. The van der Waals surface area contributed by atoms with Crippen LogP contribution in [-0.4, -0.2) is 14.5 Å². The van der Waals surface area contributed by atoms with Crippen LogP contribution in [0.25, 0.3) is 0 Å². The molecule has 1 fully saturated rings. The van der Waals surface area contributed by atoms with Crippen molar-refractivity contribution >= 4 is 11.1 Å². The van der Waals surface area contributed by atoms with E-state index in [2.05, 4.69) is 13.8 Å². The van der Waals surface area contributed by atoms with Crippen molar-refractivity contribution in [1.82, 2.24) is 0 Å². The van der Waals surface area contributed by atoms with Crippen LogP contribution in [0.3, 0.4) is 0 Å². The summed E-state index contributed by atoms with van der Waals surface area (Å²) in [4.78, 5) is 0. The molecule has 1 aliphatic carbocycles.